The molecule has 1 aliphatic carbocycles. The lowest BCUT2D eigenvalue weighted by Gasteiger charge is -2.05. The first-order chi connectivity index (χ1) is 12.8. The molecule has 1 amide bonds. The van der Waals surface area contributed by atoms with Gasteiger partial charge in [0, 0.05) is 17.4 Å². The molecule has 3 aromatic rings. The van der Waals surface area contributed by atoms with Crippen molar-refractivity contribution in [2.24, 2.45) is 0 Å². The summed E-state index contributed by atoms with van der Waals surface area (Å²) in [6.45, 7) is 0.381. The average Bonchev–Trinajstić information content (AvgIpc) is 3.13. The van der Waals surface area contributed by atoms with Crippen LogP contribution < -0.4 is 10.6 Å². The van der Waals surface area contributed by atoms with Crippen LogP contribution in [-0.2, 0) is 12.3 Å². The molecule has 2 aromatic heterocycles. The lowest BCUT2D eigenvalue weighted by molar-refractivity contribution is 0.0948. The Morgan fingerprint density at radius 1 is 1.27 bits per heavy atom. The van der Waals surface area contributed by atoms with Gasteiger partial charge < -0.3 is 15.1 Å². The fourth-order valence-corrected chi connectivity index (χ4v) is 4.13. The molecule has 0 atom stereocenters. The van der Waals surface area contributed by atoms with Gasteiger partial charge >= 0.3 is 0 Å². The normalized spacial score (nSPS) is 13.5. The highest BCUT2D eigenvalue weighted by atomic mass is 32.2. The summed E-state index contributed by atoms with van der Waals surface area (Å²) in [7, 11) is 0. The zero-order chi connectivity index (χ0) is 17.8. The number of hydrogen-bond donors (Lipinski definition) is 2. The Labute approximate surface area is 159 Å². The molecule has 1 aromatic carbocycles. The maximum Gasteiger partial charge on any atom is 0.251 e. The summed E-state index contributed by atoms with van der Waals surface area (Å²) in [6, 6.07) is 11.9. The Morgan fingerprint density at radius 3 is 3.00 bits per heavy atom. The largest absolute Gasteiger partial charge is 0.467 e. The lowest BCUT2D eigenvalue weighted by atomic mass is 10.1. The maximum atomic E-state index is 12.3. The zero-order valence-electron chi connectivity index (χ0n) is 14.0. The van der Waals surface area contributed by atoms with Crippen molar-refractivity contribution >= 4 is 34.1 Å². The van der Waals surface area contributed by atoms with Gasteiger partial charge in [-0.2, -0.15) is 0 Å². The van der Waals surface area contributed by atoms with E-state index < -0.39 is 0 Å². The minimum absolute atomic E-state index is 0.111. The minimum atomic E-state index is -0.111. The van der Waals surface area contributed by atoms with E-state index in [0.29, 0.717) is 18.2 Å². The van der Waals surface area contributed by atoms with Crippen molar-refractivity contribution in [1.29, 1.82) is 0 Å². The molecule has 0 aliphatic heterocycles. The van der Waals surface area contributed by atoms with Crippen LogP contribution >= 0.6 is 23.1 Å². The van der Waals surface area contributed by atoms with Gasteiger partial charge in [0.05, 0.1) is 12.8 Å². The zero-order valence-corrected chi connectivity index (χ0v) is 15.6. The van der Waals surface area contributed by atoms with Crippen LogP contribution in [0.4, 0.5) is 5.13 Å². The summed E-state index contributed by atoms with van der Waals surface area (Å²) in [4.78, 5) is 12.3. The average molecular weight is 387 g/mol. The number of aromatic nitrogens is 2. The molecule has 1 aliphatic rings. The molecule has 0 saturated heterocycles. The van der Waals surface area contributed by atoms with E-state index >= 15 is 0 Å². The van der Waals surface area contributed by atoms with Crippen molar-refractivity contribution in [1.82, 2.24) is 15.5 Å². The second kappa shape index (κ2) is 7.92. The van der Waals surface area contributed by atoms with Crippen LogP contribution in [0.2, 0.25) is 0 Å². The number of rotatable bonds is 8. The number of carbonyl (C=O) groups excluding carboxylic acids is 1. The molecule has 134 valence electrons. The van der Waals surface area contributed by atoms with Gasteiger partial charge in [-0.3, -0.25) is 4.79 Å². The highest BCUT2D eigenvalue weighted by Crippen LogP contribution is 2.31. The van der Waals surface area contributed by atoms with Gasteiger partial charge in [0.15, 0.2) is 4.34 Å². The molecular weight excluding hydrogens is 368 g/mol. The predicted molar refractivity (Wildman–Crippen MR) is 102 cm³/mol. The van der Waals surface area contributed by atoms with Crippen LogP contribution in [0.1, 0.15) is 34.5 Å². The van der Waals surface area contributed by atoms with Gasteiger partial charge in [-0.15, -0.1) is 10.2 Å². The highest BCUT2D eigenvalue weighted by Gasteiger charge is 2.22. The maximum absolute atomic E-state index is 12.3. The topological polar surface area (TPSA) is 80.1 Å². The second-order valence-corrected chi connectivity index (χ2v) is 8.24. The second-order valence-electron chi connectivity index (χ2n) is 6.04. The van der Waals surface area contributed by atoms with Gasteiger partial charge in [0.2, 0.25) is 5.13 Å². The number of carbonyl (C=O) groups is 1. The third-order valence-electron chi connectivity index (χ3n) is 3.87. The Balaban J connectivity index is 1.31. The molecule has 0 unspecified atom stereocenters. The number of nitrogens with one attached hydrogen (secondary N) is 2. The molecule has 0 spiro atoms. The molecule has 2 N–H and O–H groups in total. The molecular formula is C18H18N4O2S2. The van der Waals surface area contributed by atoms with Crippen LogP contribution in [0.5, 0.6) is 0 Å². The number of nitrogens with zero attached hydrogens (tertiary/aromatic N) is 2. The molecule has 8 heteroatoms. The van der Waals surface area contributed by atoms with E-state index in [-0.39, 0.29) is 5.91 Å². The fourth-order valence-electron chi connectivity index (χ4n) is 2.36. The number of anilines is 1. The molecule has 26 heavy (non-hydrogen) atoms. The third kappa shape index (κ3) is 4.64. The number of thioether (sulfide) groups is 1. The van der Waals surface area contributed by atoms with Gasteiger partial charge in [-0.25, -0.2) is 0 Å². The lowest BCUT2D eigenvalue weighted by Crippen LogP contribution is -2.22. The molecule has 1 fully saturated rings. The summed E-state index contributed by atoms with van der Waals surface area (Å²) >= 11 is 3.21. The SMILES string of the molecule is O=C(NCc1ccco1)c1cccc(CSc2nnc(NC3CC3)s2)c1. The van der Waals surface area contributed by atoms with E-state index in [1.807, 2.05) is 30.3 Å². The molecule has 6 nitrogen and oxygen atoms in total. The summed E-state index contributed by atoms with van der Waals surface area (Å²) in [6.07, 6.45) is 4.03. The molecule has 0 bridgehead atoms. The fraction of sp³-hybridized carbons (Fsp3) is 0.278. The van der Waals surface area contributed by atoms with Crippen molar-refractivity contribution in [3.8, 4) is 0 Å². The van der Waals surface area contributed by atoms with Gasteiger partial charge in [-0.1, -0.05) is 35.2 Å². The number of amides is 1. The van der Waals surface area contributed by atoms with E-state index in [1.165, 1.54) is 12.8 Å². The first-order valence-corrected chi connectivity index (χ1v) is 10.2. The summed E-state index contributed by atoms with van der Waals surface area (Å²) in [5, 5.41) is 15.5. The van der Waals surface area contributed by atoms with E-state index in [1.54, 1.807) is 35.4 Å². The van der Waals surface area contributed by atoms with Crippen molar-refractivity contribution in [2.45, 2.75) is 35.5 Å². The van der Waals surface area contributed by atoms with Crippen LogP contribution in [0, 0.1) is 0 Å². The van der Waals surface area contributed by atoms with Crippen molar-refractivity contribution in [3.05, 3.63) is 59.5 Å². The Bertz CT molecular complexity index is 875. The molecule has 0 radical (unpaired) electrons. The van der Waals surface area contributed by atoms with Gasteiger partial charge in [-0.05, 0) is 42.7 Å². The molecule has 1 saturated carbocycles. The smallest absolute Gasteiger partial charge is 0.251 e. The third-order valence-corrected chi connectivity index (χ3v) is 5.93. The first-order valence-electron chi connectivity index (χ1n) is 8.38. The van der Waals surface area contributed by atoms with Crippen LogP contribution in [0.25, 0.3) is 0 Å². The number of hydrogen-bond acceptors (Lipinski definition) is 7. The van der Waals surface area contributed by atoms with E-state index in [9.17, 15) is 4.79 Å². The standard InChI is InChI=1S/C18H18N4O2S2/c23-16(19-10-15-5-2-8-24-15)13-4-1-3-12(9-13)11-25-18-22-21-17(26-18)20-14-6-7-14/h1-5,8-9,14H,6-7,10-11H2,(H,19,23)(H,20,21). The summed E-state index contributed by atoms with van der Waals surface area (Å²) in [5.74, 6) is 1.37. The van der Waals surface area contributed by atoms with Gasteiger partial charge in [0.25, 0.3) is 5.91 Å². The quantitative estimate of drug-likeness (QED) is 0.571. The Morgan fingerprint density at radius 2 is 2.19 bits per heavy atom. The first kappa shape index (κ1) is 17.1. The highest BCUT2D eigenvalue weighted by molar-refractivity contribution is 8.00. The Kier molecular flexibility index (Phi) is 5.21. The van der Waals surface area contributed by atoms with Crippen molar-refractivity contribution in [3.63, 3.8) is 0 Å². The number of furan rings is 1. The Hall–Kier alpha value is -2.32. The summed E-state index contributed by atoms with van der Waals surface area (Å²) < 4.78 is 6.16. The van der Waals surface area contributed by atoms with E-state index in [0.717, 1.165) is 26.5 Å². The molecule has 2 heterocycles. The monoisotopic (exact) mass is 386 g/mol. The molecule has 4 rings (SSSR count). The van der Waals surface area contributed by atoms with E-state index in [4.69, 9.17) is 4.42 Å². The summed E-state index contributed by atoms with van der Waals surface area (Å²) in [5.41, 5.74) is 1.72. The van der Waals surface area contributed by atoms with Crippen molar-refractivity contribution < 1.29 is 9.21 Å². The van der Waals surface area contributed by atoms with Gasteiger partial charge in [0.1, 0.15) is 5.76 Å². The minimum Gasteiger partial charge on any atom is -0.467 e. The van der Waals surface area contributed by atoms with Crippen LogP contribution in [-0.4, -0.2) is 22.1 Å². The predicted octanol–water partition coefficient (Wildman–Crippen LogP) is 3.93. The number of benzene rings is 1. The van der Waals surface area contributed by atoms with Crippen LogP contribution in [0.15, 0.2) is 51.4 Å². The van der Waals surface area contributed by atoms with Crippen LogP contribution in [0.3, 0.4) is 0 Å². The van der Waals surface area contributed by atoms with E-state index in [2.05, 4.69) is 20.8 Å². The van der Waals surface area contributed by atoms with Crippen molar-refractivity contribution in [2.75, 3.05) is 5.32 Å².